The Kier molecular flexibility index (Phi) is 5.63. The number of anilines is 1. The number of amides is 1. The van der Waals surface area contributed by atoms with E-state index in [1.54, 1.807) is 18.2 Å². The lowest BCUT2D eigenvalue weighted by atomic mass is 9.75. The van der Waals surface area contributed by atoms with Crippen molar-refractivity contribution in [3.8, 4) is 0 Å². The molecule has 2 aliphatic carbocycles. The minimum Gasteiger partial charge on any atom is -0.349 e. The van der Waals surface area contributed by atoms with E-state index in [1.165, 1.54) is 0 Å². The summed E-state index contributed by atoms with van der Waals surface area (Å²) in [5.41, 5.74) is 2.53. The molecule has 3 N–H and O–H groups in total. The van der Waals surface area contributed by atoms with Gasteiger partial charge in [-0.2, -0.15) is 0 Å². The highest BCUT2D eigenvalue weighted by Gasteiger charge is 2.30. The van der Waals surface area contributed by atoms with Crippen molar-refractivity contribution in [2.24, 2.45) is 10.4 Å². The normalized spacial score (nSPS) is 23.3. The molecule has 7 heteroatoms. The molecule has 0 radical (unpaired) electrons. The van der Waals surface area contributed by atoms with Crippen LogP contribution >= 0.6 is 23.2 Å². The van der Waals surface area contributed by atoms with E-state index in [1.807, 2.05) is 12.2 Å². The topological polar surface area (TPSA) is 65.5 Å². The molecule has 0 spiro atoms. The predicted octanol–water partition coefficient (Wildman–Crippen LogP) is 5.03. The Morgan fingerprint density at radius 1 is 1.21 bits per heavy atom. The minimum atomic E-state index is -0.00795. The second kappa shape index (κ2) is 8.04. The lowest BCUT2D eigenvalue weighted by molar-refractivity contribution is -0.118. The van der Waals surface area contributed by atoms with Gasteiger partial charge >= 0.3 is 0 Å². The maximum Gasteiger partial charge on any atom is 0.251 e. The van der Waals surface area contributed by atoms with Crippen LogP contribution in [0.1, 0.15) is 46.0 Å². The molecule has 1 atom stereocenters. The van der Waals surface area contributed by atoms with Gasteiger partial charge in [0.2, 0.25) is 5.96 Å². The lowest BCUT2D eigenvalue weighted by Crippen LogP contribution is -2.40. The molecule has 1 aliphatic heterocycles. The summed E-state index contributed by atoms with van der Waals surface area (Å²) in [5, 5.41) is 10.7. The highest BCUT2D eigenvalue weighted by Crippen LogP contribution is 2.35. The Morgan fingerprint density at radius 3 is 2.59 bits per heavy atom. The molecule has 29 heavy (non-hydrogen) atoms. The zero-order chi connectivity index (χ0) is 20.6. The summed E-state index contributed by atoms with van der Waals surface area (Å²) in [6, 6.07) is 5.65. The first-order valence-corrected chi connectivity index (χ1v) is 10.9. The zero-order valence-corrected chi connectivity index (χ0v) is 18.2. The van der Waals surface area contributed by atoms with Crippen LogP contribution in [-0.4, -0.2) is 24.0 Å². The van der Waals surface area contributed by atoms with Gasteiger partial charge < -0.3 is 16.0 Å². The highest BCUT2D eigenvalue weighted by atomic mass is 35.5. The van der Waals surface area contributed by atoms with Crippen LogP contribution < -0.4 is 16.0 Å². The van der Waals surface area contributed by atoms with Crippen LogP contribution in [0.3, 0.4) is 0 Å². The van der Waals surface area contributed by atoms with Crippen molar-refractivity contribution in [1.29, 1.82) is 0 Å². The number of fused-ring (bicyclic) bond motifs is 1. The van der Waals surface area contributed by atoms with E-state index in [2.05, 4.69) is 34.8 Å². The van der Waals surface area contributed by atoms with Gasteiger partial charge in [-0.3, -0.25) is 4.79 Å². The molecule has 1 heterocycles. The number of rotatable bonds is 3. The molecule has 1 saturated carbocycles. The molecule has 4 rings (SSSR count). The smallest absolute Gasteiger partial charge is 0.251 e. The fourth-order valence-electron chi connectivity index (χ4n) is 4.02. The van der Waals surface area contributed by atoms with E-state index in [4.69, 9.17) is 23.2 Å². The van der Waals surface area contributed by atoms with E-state index < -0.39 is 0 Å². The van der Waals surface area contributed by atoms with E-state index in [0.717, 1.165) is 31.4 Å². The van der Waals surface area contributed by atoms with Crippen molar-refractivity contribution < 1.29 is 4.79 Å². The second-order valence-corrected chi connectivity index (χ2v) is 9.57. The largest absolute Gasteiger partial charge is 0.349 e. The molecular weight excluding hydrogens is 407 g/mol. The Bertz CT molecular complexity index is 889. The summed E-state index contributed by atoms with van der Waals surface area (Å²) in [6.07, 6.45) is 8.92. The van der Waals surface area contributed by atoms with Crippen LogP contribution in [0.2, 0.25) is 10.0 Å². The summed E-state index contributed by atoms with van der Waals surface area (Å²) < 4.78 is 0. The molecular formula is C22H26Cl2N4O. The first-order valence-electron chi connectivity index (χ1n) is 10.1. The molecule has 0 aromatic heterocycles. The molecule has 1 fully saturated rings. The Morgan fingerprint density at radius 2 is 1.90 bits per heavy atom. The Labute approximate surface area is 181 Å². The number of aliphatic imine (C=N–C) groups is 1. The van der Waals surface area contributed by atoms with Crippen LogP contribution in [0.5, 0.6) is 0 Å². The van der Waals surface area contributed by atoms with Crippen LogP contribution in [0.15, 0.2) is 46.6 Å². The maximum atomic E-state index is 12.7. The van der Waals surface area contributed by atoms with E-state index >= 15 is 0 Å². The fourth-order valence-corrected chi connectivity index (χ4v) is 4.52. The SMILES string of the molecule is CC1(C)CCC(NC(=O)C2=CCC3NC(Nc4c(Cl)cccc4Cl)=NC3=C2)CC1. The summed E-state index contributed by atoms with van der Waals surface area (Å²) in [7, 11) is 0. The second-order valence-electron chi connectivity index (χ2n) is 8.76. The van der Waals surface area contributed by atoms with Crippen LogP contribution in [-0.2, 0) is 4.79 Å². The molecule has 1 aromatic rings. The van der Waals surface area contributed by atoms with Gasteiger partial charge in [0.05, 0.1) is 27.5 Å². The summed E-state index contributed by atoms with van der Waals surface area (Å²) in [6.45, 7) is 4.59. The monoisotopic (exact) mass is 432 g/mol. The maximum absolute atomic E-state index is 12.7. The van der Waals surface area contributed by atoms with Gasteiger partial charge in [-0.15, -0.1) is 0 Å². The molecule has 1 amide bonds. The third-order valence-electron chi connectivity index (χ3n) is 5.93. The number of hydrogen-bond donors (Lipinski definition) is 3. The lowest BCUT2D eigenvalue weighted by Gasteiger charge is -2.34. The van der Waals surface area contributed by atoms with Gasteiger partial charge in [-0.1, -0.05) is 49.2 Å². The summed E-state index contributed by atoms with van der Waals surface area (Å²) in [5.74, 6) is 0.576. The van der Waals surface area contributed by atoms with Gasteiger partial charge in [-0.05, 0) is 55.7 Å². The first-order chi connectivity index (χ1) is 13.8. The van der Waals surface area contributed by atoms with E-state index in [9.17, 15) is 4.79 Å². The molecule has 3 aliphatic rings. The summed E-state index contributed by atoms with van der Waals surface area (Å²) in [4.78, 5) is 17.3. The third-order valence-corrected chi connectivity index (χ3v) is 6.56. The van der Waals surface area contributed by atoms with Crippen molar-refractivity contribution in [3.63, 3.8) is 0 Å². The number of benzene rings is 1. The number of guanidine groups is 1. The molecule has 0 saturated heterocycles. The number of carbonyl (C=O) groups is 1. The van der Waals surface area contributed by atoms with Crippen LogP contribution in [0.25, 0.3) is 0 Å². The molecule has 1 aromatic carbocycles. The van der Waals surface area contributed by atoms with E-state index in [-0.39, 0.29) is 18.0 Å². The minimum absolute atomic E-state index is 0.00795. The van der Waals surface area contributed by atoms with Crippen LogP contribution in [0, 0.1) is 5.41 Å². The van der Waals surface area contributed by atoms with Crippen molar-refractivity contribution in [3.05, 3.63) is 51.7 Å². The number of hydrogen-bond acceptors (Lipinski definition) is 4. The van der Waals surface area contributed by atoms with Gasteiger partial charge in [0.1, 0.15) is 0 Å². The standard InChI is InChI=1S/C22H26Cl2N4O/c1-22(2)10-8-14(9-11-22)25-20(29)13-6-7-17-18(12-13)27-21(26-17)28-19-15(23)4-3-5-16(19)24/h3-6,12,14,17H,7-11H2,1-2H3,(H,25,29)(H2,26,27,28). The summed E-state index contributed by atoms with van der Waals surface area (Å²) >= 11 is 12.5. The third kappa shape index (κ3) is 4.62. The number of halogens is 2. The fraction of sp³-hybridized carbons (Fsp3) is 0.455. The van der Waals surface area contributed by atoms with Gasteiger partial charge in [0.25, 0.3) is 5.91 Å². The molecule has 0 bridgehead atoms. The molecule has 5 nitrogen and oxygen atoms in total. The van der Waals surface area contributed by atoms with E-state index in [0.29, 0.717) is 39.1 Å². The first kappa shape index (κ1) is 20.3. The average Bonchev–Trinajstić information content (AvgIpc) is 3.08. The van der Waals surface area contributed by atoms with Gasteiger partial charge in [-0.25, -0.2) is 4.99 Å². The van der Waals surface area contributed by atoms with Crippen molar-refractivity contribution >= 4 is 40.8 Å². The quantitative estimate of drug-likeness (QED) is 0.626. The Hall–Kier alpha value is -1.98. The zero-order valence-electron chi connectivity index (χ0n) is 16.7. The van der Waals surface area contributed by atoms with Gasteiger partial charge in [0, 0.05) is 11.6 Å². The van der Waals surface area contributed by atoms with Crippen LogP contribution in [0.4, 0.5) is 5.69 Å². The number of carbonyl (C=O) groups excluding carboxylic acids is 1. The number of nitrogens with zero attached hydrogens (tertiary/aromatic N) is 1. The predicted molar refractivity (Wildman–Crippen MR) is 119 cm³/mol. The van der Waals surface area contributed by atoms with Crippen molar-refractivity contribution in [2.45, 2.75) is 58.0 Å². The Balaban J connectivity index is 1.41. The average molecular weight is 433 g/mol. The van der Waals surface area contributed by atoms with Gasteiger partial charge in [0.15, 0.2) is 0 Å². The van der Waals surface area contributed by atoms with Crippen molar-refractivity contribution in [1.82, 2.24) is 10.6 Å². The van der Waals surface area contributed by atoms with Crippen molar-refractivity contribution in [2.75, 3.05) is 5.32 Å². The molecule has 154 valence electrons. The number of para-hydroxylation sites is 1. The number of nitrogens with one attached hydrogen (secondary N) is 3. The molecule has 1 unspecified atom stereocenters. The highest BCUT2D eigenvalue weighted by molar-refractivity contribution is 6.39.